The molecule has 8 nitrogen and oxygen atoms in total. The molecule has 1 heterocycles. The van der Waals surface area contributed by atoms with Gasteiger partial charge in [-0.15, -0.1) is 0 Å². The average Bonchev–Trinajstić information content (AvgIpc) is 3.04. The molecule has 1 aromatic heterocycles. The molecule has 0 aliphatic rings. The lowest BCUT2D eigenvalue weighted by Gasteiger charge is -2.18. The number of aryl methyl sites for hydroxylation is 2. The van der Waals surface area contributed by atoms with Crippen molar-refractivity contribution in [3.8, 4) is 0 Å². The van der Waals surface area contributed by atoms with E-state index in [0.29, 0.717) is 23.4 Å². The minimum atomic E-state index is -4.03. The number of aromatic nitrogens is 1. The third-order valence-corrected chi connectivity index (χ3v) is 7.01. The number of rotatable bonds is 9. The number of thioether (sulfide) groups is 1. The first kappa shape index (κ1) is 23.1. The number of anilines is 1. The van der Waals surface area contributed by atoms with E-state index in [1.807, 2.05) is 31.4 Å². The second-order valence-corrected chi connectivity index (χ2v) is 9.75. The molecule has 31 heavy (non-hydrogen) atoms. The van der Waals surface area contributed by atoms with Crippen LogP contribution in [0.25, 0.3) is 11.1 Å². The fourth-order valence-electron chi connectivity index (χ4n) is 3.11. The molecule has 1 amide bonds. The highest BCUT2D eigenvalue weighted by Gasteiger charge is 2.26. The highest BCUT2D eigenvalue weighted by atomic mass is 32.2. The van der Waals surface area contributed by atoms with Gasteiger partial charge in [-0.05, 0) is 54.7 Å². The number of carbonyl (C=O) groups is 1. The fraction of sp³-hybridized carbons (Fsp3) is 0.333. The van der Waals surface area contributed by atoms with Gasteiger partial charge in [-0.1, -0.05) is 19.1 Å². The van der Waals surface area contributed by atoms with Crippen LogP contribution in [0.15, 0.2) is 56.6 Å². The summed E-state index contributed by atoms with van der Waals surface area (Å²) >= 11 is 1.52. The molecule has 3 aromatic rings. The predicted octanol–water partition coefficient (Wildman–Crippen LogP) is 2.73. The number of fused-ring (bicyclic) bond motifs is 1. The highest BCUT2D eigenvalue weighted by Crippen LogP contribution is 2.19. The second kappa shape index (κ2) is 9.71. The molecule has 0 bridgehead atoms. The summed E-state index contributed by atoms with van der Waals surface area (Å²) in [5.41, 5.74) is 2.33. The Balaban J connectivity index is 1.84. The van der Waals surface area contributed by atoms with Gasteiger partial charge in [0.15, 0.2) is 5.58 Å². The fourth-order valence-corrected chi connectivity index (χ4v) is 4.83. The van der Waals surface area contributed by atoms with Crippen molar-refractivity contribution in [1.82, 2.24) is 9.29 Å². The Kier molecular flexibility index (Phi) is 7.24. The van der Waals surface area contributed by atoms with Crippen molar-refractivity contribution in [3.63, 3.8) is 0 Å². The van der Waals surface area contributed by atoms with E-state index in [0.717, 1.165) is 12.0 Å². The van der Waals surface area contributed by atoms with Crippen LogP contribution in [0, 0.1) is 0 Å². The number of nitrogens with zero attached hydrogens (tertiary/aromatic N) is 1. The Labute approximate surface area is 185 Å². The lowest BCUT2D eigenvalue weighted by Crippen LogP contribution is -2.44. The lowest BCUT2D eigenvalue weighted by molar-refractivity contribution is -0.117. The smallest absolute Gasteiger partial charge is 0.408 e. The number of hydrogen-bond acceptors (Lipinski definition) is 6. The molecule has 2 N–H and O–H groups in total. The first-order valence-electron chi connectivity index (χ1n) is 9.76. The summed E-state index contributed by atoms with van der Waals surface area (Å²) in [5, 5.41) is 2.80. The van der Waals surface area contributed by atoms with Gasteiger partial charge in [0, 0.05) is 18.8 Å². The van der Waals surface area contributed by atoms with Crippen LogP contribution in [-0.2, 0) is 28.3 Å². The van der Waals surface area contributed by atoms with Crippen molar-refractivity contribution in [2.24, 2.45) is 7.05 Å². The zero-order valence-electron chi connectivity index (χ0n) is 17.5. The molecule has 166 valence electrons. The van der Waals surface area contributed by atoms with Gasteiger partial charge < -0.3 is 9.73 Å². The summed E-state index contributed by atoms with van der Waals surface area (Å²) < 4.78 is 34.8. The van der Waals surface area contributed by atoms with E-state index in [1.165, 1.54) is 41.6 Å². The maximum Gasteiger partial charge on any atom is 0.419 e. The van der Waals surface area contributed by atoms with Crippen LogP contribution in [0.4, 0.5) is 5.69 Å². The van der Waals surface area contributed by atoms with Crippen molar-refractivity contribution in [3.05, 3.63) is 58.6 Å². The molecule has 0 fully saturated rings. The molecule has 3 rings (SSSR count). The Morgan fingerprint density at radius 2 is 2.00 bits per heavy atom. The molecule has 0 saturated carbocycles. The molecule has 0 spiro atoms. The van der Waals surface area contributed by atoms with E-state index < -0.39 is 27.7 Å². The van der Waals surface area contributed by atoms with Gasteiger partial charge in [0.05, 0.1) is 10.4 Å². The number of sulfonamides is 1. The molecule has 1 atom stereocenters. The van der Waals surface area contributed by atoms with Gasteiger partial charge in [-0.2, -0.15) is 16.5 Å². The molecule has 0 radical (unpaired) electrons. The van der Waals surface area contributed by atoms with E-state index in [1.54, 1.807) is 6.07 Å². The van der Waals surface area contributed by atoms with Crippen molar-refractivity contribution in [2.45, 2.75) is 30.7 Å². The summed E-state index contributed by atoms with van der Waals surface area (Å²) in [4.78, 5) is 24.5. The molecule has 0 aliphatic carbocycles. The van der Waals surface area contributed by atoms with E-state index in [-0.39, 0.29) is 10.5 Å². The van der Waals surface area contributed by atoms with Crippen molar-refractivity contribution < 1.29 is 17.6 Å². The molecule has 1 unspecified atom stereocenters. The maximum atomic E-state index is 13.0. The Hall–Kier alpha value is -2.56. The van der Waals surface area contributed by atoms with Crippen LogP contribution >= 0.6 is 11.8 Å². The third kappa shape index (κ3) is 5.38. The molecule has 10 heteroatoms. The SMILES string of the molecule is CCc1cccc(NC(=O)C(CCSC)NS(=O)(=O)c2ccc3c(c2)oc(=O)n3C)c1. The standard InChI is InChI=1S/C21H25N3O5S2/c1-4-14-6-5-7-15(12-14)22-20(25)17(10-11-30-3)23-31(27,28)16-8-9-18-19(13-16)29-21(26)24(18)2/h5-9,12-13,17,23H,4,10-11H2,1-3H3,(H,22,25). The van der Waals surface area contributed by atoms with Crippen LogP contribution in [0.5, 0.6) is 0 Å². The summed E-state index contributed by atoms with van der Waals surface area (Å²) in [7, 11) is -2.49. The van der Waals surface area contributed by atoms with Gasteiger partial charge in [-0.3, -0.25) is 9.36 Å². The average molecular weight is 464 g/mol. The van der Waals surface area contributed by atoms with E-state index in [2.05, 4.69) is 10.0 Å². The summed E-state index contributed by atoms with van der Waals surface area (Å²) in [6.07, 6.45) is 3.03. The minimum absolute atomic E-state index is 0.0794. The number of oxazole rings is 1. The van der Waals surface area contributed by atoms with Crippen molar-refractivity contribution in [1.29, 1.82) is 0 Å². The first-order chi connectivity index (χ1) is 14.7. The van der Waals surface area contributed by atoms with Crippen LogP contribution in [0.3, 0.4) is 0 Å². The summed E-state index contributed by atoms with van der Waals surface area (Å²) in [6.45, 7) is 2.02. The summed E-state index contributed by atoms with van der Waals surface area (Å²) in [6, 6.07) is 10.6. The topological polar surface area (TPSA) is 110 Å². The minimum Gasteiger partial charge on any atom is -0.408 e. The second-order valence-electron chi connectivity index (χ2n) is 7.06. The van der Waals surface area contributed by atoms with E-state index in [9.17, 15) is 18.0 Å². The molecule has 2 aromatic carbocycles. The van der Waals surface area contributed by atoms with Gasteiger partial charge in [-0.25, -0.2) is 13.2 Å². The molecular formula is C21H25N3O5S2. The van der Waals surface area contributed by atoms with Gasteiger partial charge in [0.2, 0.25) is 15.9 Å². The molecule has 0 saturated heterocycles. The van der Waals surface area contributed by atoms with Crippen LogP contribution in [-0.4, -0.2) is 36.9 Å². The molecular weight excluding hydrogens is 438 g/mol. The van der Waals surface area contributed by atoms with Crippen LogP contribution in [0.1, 0.15) is 18.9 Å². The third-order valence-electron chi connectivity index (χ3n) is 4.90. The Morgan fingerprint density at radius 3 is 2.71 bits per heavy atom. The van der Waals surface area contributed by atoms with Crippen LogP contribution < -0.4 is 15.8 Å². The lowest BCUT2D eigenvalue weighted by atomic mass is 10.1. The maximum absolute atomic E-state index is 13.0. The Bertz CT molecular complexity index is 1250. The van der Waals surface area contributed by atoms with E-state index in [4.69, 9.17) is 4.42 Å². The molecule has 0 aliphatic heterocycles. The van der Waals surface area contributed by atoms with Gasteiger partial charge >= 0.3 is 5.76 Å². The first-order valence-corrected chi connectivity index (χ1v) is 12.6. The van der Waals surface area contributed by atoms with Gasteiger partial charge in [0.1, 0.15) is 6.04 Å². The largest absolute Gasteiger partial charge is 0.419 e. The quantitative estimate of drug-likeness (QED) is 0.505. The van der Waals surface area contributed by atoms with Crippen molar-refractivity contribution >= 4 is 44.5 Å². The highest BCUT2D eigenvalue weighted by molar-refractivity contribution is 7.98. The van der Waals surface area contributed by atoms with E-state index >= 15 is 0 Å². The van der Waals surface area contributed by atoms with Crippen molar-refractivity contribution in [2.75, 3.05) is 17.3 Å². The monoisotopic (exact) mass is 463 g/mol. The number of carbonyl (C=O) groups excluding carboxylic acids is 1. The van der Waals surface area contributed by atoms with Crippen LogP contribution in [0.2, 0.25) is 0 Å². The summed E-state index contributed by atoms with van der Waals surface area (Å²) in [5.74, 6) is -0.412. The Morgan fingerprint density at radius 1 is 1.23 bits per heavy atom. The number of nitrogens with one attached hydrogen (secondary N) is 2. The number of benzene rings is 2. The number of amides is 1. The zero-order valence-corrected chi connectivity index (χ0v) is 19.2. The normalized spacial score (nSPS) is 12.7. The predicted molar refractivity (Wildman–Crippen MR) is 123 cm³/mol. The van der Waals surface area contributed by atoms with Gasteiger partial charge in [0.25, 0.3) is 0 Å². The zero-order chi connectivity index (χ0) is 22.6. The number of hydrogen-bond donors (Lipinski definition) is 2.